The highest BCUT2D eigenvalue weighted by atomic mass is 35.5. The maximum Gasteiger partial charge on any atom is 0.243 e. The molecule has 1 aliphatic rings. The molecule has 1 aliphatic heterocycles. The molecule has 0 spiro atoms. The Morgan fingerprint density at radius 2 is 1.88 bits per heavy atom. The van der Waals surface area contributed by atoms with Crippen LogP contribution in [0.2, 0.25) is 5.02 Å². The summed E-state index contributed by atoms with van der Waals surface area (Å²) in [4.78, 5) is 6.46. The highest BCUT2D eigenvalue weighted by Gasteiger charge is 2.29. The van der Waals surface area contributed by atoms with Crippen molar-refractivity contribution in [1.82, 2.24) is 14.2 Å². The summed E-state index contributed by atoms with van der Waals surface area (Å²) in [5.41, 5.74) is 0.958. The van der Waals surface area contributed by atoms with Crippen LogP contribution in [0.3, 0.4) is 0 Å². The predicted molar refractivity (Wildman–Crippen MR) is 89.7 cm³/mol. The van der Waals surface area contributed by atoms with Crippen LogP contribution in [0, 0.1) is 5.82 Å². The van der Waals surface area contributed by atoms with E-state index in [1.165, 1.54) is 10.4 Å². The first kappa shape index (κ1) is 17.3. The van der Waals surface area contributed by atoms with Crippen molar-refractivity contribution in [2.45, 2.75) is 11.4 Å². The Morgan fingerprint density at radius 3 is 2.50 bits per heavy atom. The van der Waals surface area contributed by atoms with Crippen LogP contribution in [-0.4, -0.2) is 48.8 Å². The maximum atomic E-state index is 13.2. The molecule has 0 unspecified atom stereocenters. The average molecular weight is 370 g/mol. The van der Waals surface area contributed by atoms with Crippen LogP contribution < -0.4 is 0 Å². The summed E-state index contributed by atoms with van der Waals surface area (Å²) < 4.78 is 39.9. The van der Waals surface area contributed by atoms with Gasteiger partial charge in [-0.25, -0.2) is 12.8 Å². The number of nitrogens with zero attached hydrogens (tertiary/aromatic N) is 3. The molecule has 2 heterocycles. The van der Waals surface area contributed by atoms with Gasteiger partial charge >= 0.3 is 0 Å². The SMILES string of the molecule is O=S(=O)(c1ccc(F)c(Cl)c1)N1CCN(Cc2ccccn2)CC1. The van der Waals surface area contributed by atoms with Crippen molar-refractivity contribution in [3.05, 3.63) is 59.1 Å². The van der Waals surface area contributed by atoms with Gasteiger partial charge in [-0.1, -0.05) is 17.7 Å². The van der Waals surface area contributed by atoms with Crippen molar-refractivity contribution < 1.29 is 12.8 Å². The first-order valence-corrected chi connectivity index (χ1v) is 9.36. The van der Waals surface area contributed by atoms with Crippen molar-refractivity contribution in [3.8, 4) is 0 Å². The van der Waals surface area contributed by atoms with Crippen LogP contribution in [0.4, 0.5) is 4.39 Å². The molecule has 0 aliphatic carbocycles. The number of hydrogen-bond acceptors (Lipinski definition) is 4. The van der Waals surface area contributed by atoms with Crippen LogP contribution in [0.1, 0.15) is 5.69 Å². The molecule has 5 nitrogen and oxygen atoms in total. The molecule has 0 atom stereocenters. The van der Waals surface area contributed by atoms with Gasteiger partial charge in [-0.3, -0.25) is 9.88 Å². The quantitative estimate of drug-likeness (QED) is 0.830. The molecular formula is C16H17ClFN3O2S. The zero-order chi connectivity index (χ0) is 17.2. The summed E-state index contributed by atoms with van der Waals surface area (Å²) in [5, 5.41) is -0.190. The van der Waals surface area contributed by atoms with Crippen molar-refractivity contribution in [1.29, 1.82) is 0 Å². The van der Waals surface area contributed by atoms with E-state index >= 15 is 0 Å². The zero-order valence-electron chi connectivity index (χ0n) is 12.9. The molecule has 0 bridgehead atoms. The monoisotopic (exact) mass is 369 g/mol. The van der Waals surface area contributed by atoms with Gasteiger partial charge in [0, 0.05) is 38.9 Å². The van der Waals surface area contributed by atoms with Gasteiger partial charge in [0.1, 0.15) is 5.82 Å². The fraction of sp³-hybridized carbons (Fsp3) is 0.312. The molecule has 0 N–H and O–H groups in total. The molecule has 0 saturated carbocycles. The standard InChI is InChI=1S/C16H17ClFN3O2S/c17-15-11-14(4-5-16(15)18)24(22,23)21-9-7-20(8-10-21)12-13-3-1-2-6-19-13/h1-6,11H,7-10,12H2. The van der Waals surface area contributed by atoms with Gasteiger partial charge in [-0.15, -0.1) is 0 Å². The minimum Gasteiger partial charge on any atom is -0.295 e. The highest BCUT2D eigenvalue weighted by Crippen LogP contribution is 2.23. The summed E-state index contributed by atoms with van der Waals surface area (Å²) in [5.74, 6) is -0.629. The number of hydrogen-bond donors (Lipinski definition) is 0. The first-order chi connectivity index (χ1) is 11.5. The van der Waals surface area contributed by atoms with Gasteiger partial charge < -0.3 is 0 Å². The first-order valence-electron chi connectivity index (χ1n) is 7.54. The fourth-order valence-corrected chi connectivity index (χ4v) is 4.33. The Labute approximate surface area is 145 Å². The smallest absolute Gasteiger partial charge is 0.243 e. The Morgan fingerprint density at radius 1 is 1.12 bits per heavy atom. The summed E-state index contributed by atoms with van der Waals surface area (Å²) >= 11 is 5.70. The Hall–Kier alpha value is -1.54. The third kappa shape index (κ3) is 3.75. The fourth-order valence-electron chi connectivity index (χ4n) is 2.64. The van der Waals surface area contributed by atoms with E-state index in [0.717, 1.165) is 17.8 Å². The van der Waals surface area contributed by atoms with E-state index in [2.05, 4.69) is 9.88 Å². The second-order valence-corrected chi connectivity index (χ2v) is 7.92. The van der Waals surface area contributed by atoms with Crippen LogP contribution in [-0.2, 0) is 16.6 Å². The third-order valence-electron chi connectivity index (χ3n) is 3.97. The number of piperazine rings is 1. The largest absolute Gasteiger partial charge is 0.295 e. The van der Waals surface area contributed by atoms with E-state index < -0.39 is 15.8 Å². The van der Waals surface area contributed by atoms with Crippen molar-refractivity contribution in [3.63, 3.8) is 0 Å². The van der Waals surface area contributed by atoms with Gasteiger partial charge in [0.25, 0.3) is 0 Å². The van der Waals surface area contributed by atoms with Crippen LogP contribution in [0.25, 0.3) is 0 Å². The predicted octanol–water partition coefficient (Wildman–Crippen LogP) is 2.38. The number of sulfonamides is 1. The second-order valence-electron chi connectivity index (χ2n) is 5.58. The van der Waals surface area contributed by atoms with E-state index in [-0.39, 0.29) is 9.92 Å². The molecule has 24 heavy (non-hydrogen) atoms. The average Bonchev–Trinajstić information content (AvgIpc) is 2.58. The molecule has 8 heteroatoms. The molecule has 3 rings (SSSR count). The lowest BCUT2D eigenvalue weighted by Gasteiger charge is -2.33. The van der Waals surface area contributed by atoms with E-state index in [1.54, 1.807) is 6.20 Å². The van der Waals surface area contributed by atoms with Gasteiger partial charge in [0.05, 0.1) is 15.6 Å². The van der Waals surface area contributed by atoms with Gasteiger partial charge in [-0.05, 0) is 30.3 Å². The molecule has 128 valence electrons. The Balaban J connectivity index is 1.66. The van der Waals surface area contributed by atoms with Crippen LogP contribution in [0.5, 0.6) is 0 Å². The third-order valence-corrected chi connectivity index (χ3v) is 6.16. The molecule has 0 radical (unpaired) electrons. The Kier molecular flexibility index (Phi) is 5.15. The summed E-state index contributed by atoms with van der Waals surface area (Å²) in [6, 6.07) is 9.22. The minimum atomic E-state index is -3.66. The maximum absolute atomic E-state index is 13.2. The van der Waals surface area contributed by atoms with E-state index in [9.17, 15) is 12.8 Å². The molecule has 1 fully saturated rings. The number of pyridine rings is 1. The molecule has 1 aromatic heterocycles. The topological polar surface area (TPSA) is 53.5 Å². The molecule has 1 aromatic carbocycles. The van der Waals surface area contributed by atoms with Crippen molar-refractivity contribution in [2.75, 3.05) is 26.2 Å². The zero-order valence-corrected chi connectivity index (χ0v) is 14.5. The number of aromatic nitrogens is 1. The highest BCUT2D eigenvalue weighted by molar-refractivity contribution is 7.89. The normalized spacial score (nSPS) is 17.1. The summed E-state index contributed by atoms with van der Waals surface area (Å²) in [6.07, 6.45) is 1.74. The number of halogens is 2. The summed E-state index contributed by atoms with van der Waals surface area (Å²) in [6.45, 7) is 2.68. The lowest BCUT2D eigenvalue weighted by molar-refractivity contribution is 0.180. The van der Waals surface area contributed by atoms with Crippen LogP contribution in [0.15, 0.2) is 47.5 Å². The molecule has 1 saturated heterocycles. The van der Waals surface area contributed by atoms with Gasteiger partial charge in [0.15, 0.2) is 0 Å². The summed E-state index contributed by atoms with van der Waals surface area (Å²) in [7, 11) is -3.66. The molecule has 2 aromatic rings. The Bertz CT molecular complexity index is 809. The van der Waals surface area contributed by atoms with Crippen molar-refractivity contribution in [2.24, 2.45) is 0 Å². The van der Waals surface area contributed by atoms with Gasteiger partial charge in [-0.2, -0.15) is 4.31 Å². The minimum absolute atomic E-state index is 0.0204. The van der Waals surface area contributed by atoms with E-state index in [0.29, 0.717) is 32.7 Å². The van der Waals surface area contributed by atoms with Crippen LogP contribution >= 0.6 is 11.6 Å². The lowest BCUT2D eigenvalue weighted by atomic mass is 10.3. The number of benzene rings is 1. The molecule has 0 amide bonds. The molecular weight excluding hydrogens is 353 g/mol. The lowest BCUT2D eigenvalue weighted by Crippen LogP contribution is -2.48. The van der Waals surface area contributed by atoms with Gasteiger partial charge in [0.2, 0.25) is 10.0 Å². The van der Waals surface area contributed by atoms with E-state index in [1.807, 2.05) is 18.2 Å². The number of rotatable bonds is 4. The second kappa shape index (κ2) is 7.14. The van der Waals surface area contributed by atoms with E-state index in [4.69, 9.17) is 11.6 Å². The van der Waals surface area contributed by atoms with Crippen molar-refractivity contribution >= 4 is 21.6 Å².